The molecule has 4 rings (SSSR count). The van der Waals surface area contributed by atoms with Gasteiger partial charge in [0.15, 0.2) is 11.6 Å². The van der Waals surface area contributed by atoms with E-state index in [-0.39, 0.29) is 6.42 Å². The number of carbonyl (C=O) groups is 1. The fraction of sp³-hybridized carbons (Fsp3) is 0.190. The van der Waals surface area contributed by atoms with Crippen LogP contribution in [0.5, 0.6) is 0 Å². The molecule has 0 aliphatic carbocycles. The number of nitrogens with zero attached hydrogens (tertiary/aromatic N) is 5. The number of aryl methyl sites for hydroxylation is 2. The van der Waals surface area contributed by atoms with Crippen molar-refractivity contribution in [3.63, 3.8) is 0 Å². The highest BCUT2D eigenvalue weighted by atomic mass is 16.4. The average Bonchev–Trinajstić information content (AvgIpc) is 3.11. The Kier molecular flexibility index (Phi) is 4.90. The summed E-state index contributed by atoms with van der Waals surface area (Å²) in [4.78, 5) is 28.6. The summed E-state index contributed by atoms with van der Waals surface area (Å²) in [6.07, 6.45) is 5.67. The predicted molar refractivity (Wildman–Crippen MR) is 110 cm³/mol. The van der Waals surface area contributed by atoms with Crippen LogP contribution < -0.4 is 5.73 Å². The van der Waals surface area contributed by atoms with E-state index in [1.807, 2.05) is 41.8 Å². The molecule has 0 bridgehead atoms. The lowest BCUT2D eigenvalue weighted by Crippen LogP contribution is -2.04. The molecule has 0 unspecified atom stereocenters. The van der Waals surface area contributed by atoms with E-state index in [9.17, 15) is 4.79 Å². The van der Waals surface area contributed by atoms with Gasteiger partial charge in [-0.1, -0.05) is 24.3 Å². The Bertz CT molecular complexity index is 1180. The van der Waals surface area contributed by atoms with Crippen LogP contribution in [-0.4, -0.2) is 35.6 Å². The van der Waals surface area contributed by atoms with Crippen molar-refractivity contribution in [1.29, 1.82) is 0 Å². The minimum absolute atomic E-state index is 0.104. The van der Waals surface area contributed by atoms with Crippen molar-refractivity contribution in [1.82, 2.24) is 24.5 Å². The largest absolute Gasteiger partial charge is 0.481 e. The molecule has 0 aliphatic rings. The van der Waals surface area contributed by atoms with Gasteiger partial charge in [-0.3, -0.25) is 9.78 Å². The Morgan fingerprint density at radius 2 is 1.93 bits per heavy atom. The van der Waals surface area contributed by atoms with Gasteiger partial charge in [0.05, 0.1) is 23.6 Å². The number of hydrogen-bond acceptors (Lipinski definition) is 6. The summed E-state index contributed by atoms with van der Waals surface area (Å²) in [6, 6.07) is 9.55. The number of pyridine rings is 1. The summed E-state index contributed by atoms with van der Waals surface area (Å²) in [7, 11) is 0. The number of hydrogen-bond donors (Lipinski definition) is 2. The third kappa shape index (κ3) is 3.64. The van der Waals surface area contributed by atoms with Crippen molar-refractivity contribution < 1.29 is 9.90 Å². The van der Waals surface area contributed by atoms with E-state index in [1.54, 1.807) is 18.6 Å². The molecule has 0 atom stereocenters. The topological polar surface area (TPSA) is 120 Å². The maximum absolute atomic E-state index is 10.7. The minimum atomic E-state index is -0.808. The van der Waals surface area contributed by atoms with Gasteiger partial charge in [0.2, 0.25) is 0 Å². The average molecular weight is 388 g/mol. The van der Waals surface area contributed by atoms with Crippen molar-refractivity contribution >= 4 is 22.8 Å². The van der Waals surface area contributed by atoms with Crippen molar-refractivity contribution in [2.75, 3.05) is 5.73 Å². The molecule has 3 aromatic heterocycles. The SMILES string of the molecule is CCn1c(-c2nc(-c3ccc(CCC(=O)O)cc3)cnc2N)nc2cnccc21. The van der Waals surface area contributed by atoms with Gasteiger partial charge in [0.1, 0.15) is 11.2 Å². The van der Waals surface area contributed by atoms with Gasteiger partial charge in [-0.05, 0) is 25.0 Å². The third-order valence-electron chi connectivity index (χ3n) is 4.76. The van der Waals surface area contributed by atoms with E-state index >= 15 is 0 Å². The van der Waals surface area contributed by atoms with Gasteiger partial charge in [-0.2, -0.15) is 0 Å². The zero-order valence-corrected chi connectivity index (χ0v) is 15.9. The first-order valence-corrected chi connectivity index (χ1v) is 9.31. The molecular formula is C21H20N6O2. The quantitative estimate of drug-likeness (QED) is 0.520. The minimum Gasteiger partial charge on any atom is -0.481 e. The van der Waals surface area contributed by atoms with Crippen molar-refractivity contribution in [2.45, 2.75) is 26.3 Å². The van der Waals surface area contributed by atoms with Crippen LogP contribution in [0.15, 0.2) is 48.9 Å². The summed E-state index contributed by atoms with van der Waals surface area (Å²) in [5.41, 5.74) is 10.9. The van der Waals surface area contributed by atoms with Gasteiger partial charge in [0.25, 0.3) is 0 Å². The van der Waals surface area contributed by atoms with E-state index in [1.165, 1.54) is 0 Å². The molecule has 146 valence electrons. The maximum atomic E-state index is 10.7. The van der Waals surface area contributed by atoms with Crippen molar-refractivity contribution in [2.24, 2.45) is 0 Å². The van der Waals surface area contributed by atoms with Crippen LogP contribution in [0.2, 0.25) is 0 Å². The second kappa shape index (κ2) is 7.67. The second-order valence-electron chi connectivity index (χ2n) is 6.62. The zero-order chi connectivity index (χ0) is 20.4. The number of fused-ring (bicyclic) bond motifs is 1. The Hall–Kier alpha value is -3.81. The molecule has 0 amide bonds. The predicted octanol–water partition coefficient (Wildman–Crippen LogP) is 3.17. The maximum Gasteiger partial charge on any atom is 0.303 e. The Morgan fingerprint density at radius 3 is 2.66 bits per heavy atom. The number of anilines is 1. The number of nitrogens with two attached hydrogens (primary N) is 1. The van der Waals surface area contributed by atoms with Crippen molar-refractivity contribution in [3.8, 4) is 22.8 Å². The van der Waals surface area contributed by atoms with E-state index in [4.69, 9.17) is 15.8 Å². The molecule has 0 saturated heterocycles. The molecule has 3 N–H and O–H groups in total. The molecule has 8 heteroatoms. The highest BCUT2D eigenvalue weighted by Crippen LogP contribution is 2.28. The first-order valence-electron chi connectivity index (χ1n) is 9.31. The lowest BCUT2D eigenvalue weighted by Gasteiger charge is -2.09. The summed E-state index contributed by atoms with van der Waals surface area (Å²) in [5, 5.41) is 8.83. The van der Waals surface area contributed by atoms with Gasteiger partial charge in [-0.15, -0.1) is 0 Å². The van der Waals surface area contributed by atoms with E-state index in [0.29, 0.717) is 36.0 Å². The highest BCUT2D eigenvalue weighted by molar-refractivity contribution is 5.81. The van der Waals surface area contributed by atoms with E-state index in [0.717, 1.165) is 22.2 Å². The molecule has 0 fully saturated rings. The van der Waals surface area contributed by atoms with Gasteiger partial charge >= 0.3 is 5.97 Å². The molecule has 29 heavy (non-hydrogen) atoms. The normalized spacial score (nSPS) is 11.1. The molecule has 1 aromatic carbocycles. The lowest BCUT2D eigenvalue weighted by molar-refractivity contribution is -0.136. The van der Waals surface area contributed by atoms with Crippen LogP contribution in [0, 0.1) is 0 Å². The van der Waals surface area contributed by atoms with Crippen LogP contribution in [0.25, 0.3) is 33.8 Å². The van der Waals surface area contributed by atoms with Crippen LogP contribution in [0.1, 0.15) is 18.9 Å². The molecule has 4 aromatic rings. The summed E-state index contributed by atoms with van der Waals surface area (Å²) >= 11 is 0. The number of carboxylic acids is 1. The van der Waals surface area contributed by atoms with Crippen LogP contribution in [-0.2, 0) is 17.8 Å². The molecular weight excluding hydrogens is 368 g/mol. The standard InChI is InChI=1S/C21H20N6O2/c1-2-27-17-9-10-23-11-16(17)26-21(27)19-20(22)24-12-15(25-19)14-6-3-13(4-7-14)5-8-18(28)29/h3-4,6-7,9-12H,2,5,8H2,1H3,(H2,22,24)(H,28,29). The number of carboxylic acid groups (broad SMARTS) is 1. The van der Waals surface area contributed by atoms with Gasteiger partial charge in [0, 0.05) is 24.7 Å². The Morgan fingerprint density at radius 1 is 1.14 bits per heavy atom. The van der Waals surface area contributed by atoms with Gasteiger partial charge < -0.3 is 15.4 Å². The zero-order valence-electron chi connectivity index (χ0n) is 15.9. The van der Waals surface area contributed by atoms with Crippen molar-refractivity contribution in [3.05, 3.63) is 54.5 Å². The Labute approximate surface area is 167 Å². The fourth-order valence-electron chi connectivity index (χ4n) is 3.28. The monoisotopic (exact) mass is 388 g/mol. The number of nitrogen functional groups attached to an aromatic ring is 1. The number of imidazole rings is 1. The van der Waals surface area contributed by atoms with Crippen LogP contribution in [0.4, 0.5) is 5.82 Å². The van der Waals surface area contributed by atoms with E-state index in [2.05, 4.69) is 15.0 Å². The highest BCUT2D eigenvalue weighted by Gasteiger charge is 2.17. The first-order chi connectivity index (χ1) is 14.1. The first kappa shape index (κ1) is 18.5. The lowest BCUT2D eigenvalue weighted by atomic mass is 10.1. The molecule has 0 saturated carbocycles. The summed E-state index contributed by atoms with van der Waals surface area (Å²) < 4.78 is 2.04. The van der Waals surface area contributed by atoms with Gasteiger partial charge in [-0.25, -0.2) is 15.0 Å². The summed E-state index contributed by atoms with van der Waals surface area (Å²) in [6.45, 7) is 2.74. The Balaban J connectivity index is 1.73. The third-order valence-corrected chi connectivity index (χ3v) is 4.76. The smallest absolute Gasteiger partial charge is 0.303 e. The van der Waals surface area contributed by atoms with Crippen LogP contribution in [0.3, 0.4) is 0 Å². The molecule has 3 heterocycles. The van der Waals surface area contributed by atoms with Crippen LogP contribution >= 0.6 is 0 Å². The fourth-order valence-corrected chi connectivity index (χ4v) is 3.28. The molecule has 0 aliphatic heterocycles. The van der Waals surface area contributed by atoms with E-state index < -0.39 is 5.97 Å². The number of aromatic nitrogens is 5. The molecule has 8 nitrogen and oxygen atoms in total. The number of aliphatic carboxylic acids is 1. The summed E-state index contributed by atoms with van der Waals surface area (Å²) in [5.74, 6) is 0.155. The molecule has 0 radical (unpaired) electrons. The number of rotatable bonds is 6. The second-order valence-corrected chi connectivity index (χ2v) is 6.62. The molecule has 0 spiro atoms. The number of benzene rings is 1.